The van der Waals surface area contributed by atoms with Crippen LogP contribution in [0.5, 0.6) is 0 Å². The molecule has 0 bridgehead atoms. The molecule has 0 amide bonds. The Morgan fingerprint density at radius 2 is 1.70 bits per heavy atom. The maximum Gasteiger partial charge on any atom is 0.297 e. The van der Waals surface area contributed by atoms with Crippen LogP contribution in [0.25, 0.3) is 0 Å². The molecule has 0 radical (unpaired) electrons. The summed E-state index contributed by atoms with van der Waals surface area (Å²) in [5.41, 5.74) is 0.939. The first-order chi connectivity index (χ1) is 9.19. The van der Waals surface area contributed by atoms with Crippen LogP contribution in [0.15, 0.2) is 29.2 Å². The van der Waals surface area contributed by atoms with Gasteiger partial charge in [0.25, 0.3) is 10.1 Å². The summed E-state index contributed by atoms with van der Waals surface area (Å²) in [5.74, 6) is 0.167. The maximum absolute atomic E-state index is 11.5. The lowest BCUT2D eigenvalue weighted by molar-refractivity contribution is -0.114. The first-order valence-electron chi connectivity index (χ1n) is 5.91. The van der Waals surface area contributed by atoms with E-state index in [9.17, 15) is 13.2 Å². The fourth-order valence-corrected chi connectivity index (χ4v) is 1.94. The zero-order valence-electron chi connectivity index (χ0n) is 11.7. The minimum atomic E-state index is -3.85. The van der Waals surface area contributed by atoms with Crippen LogP contribution in [0.3, 0.4) is 0 Å². The van der Waals surface area contributed by atoms with Gasteiger partial charge in [-0.25, -0.2) is 0 Å². The zero-order chi connectivity index (χ0) is 15.8. The highest BCUT2D eigenvalue weighted by Gasteiger charge is 2.16. The van der Waals surface area contributed by atoms with Crippen LogP contribution >= 0.6 is 0 Å². The number of benzene rings is 1. The monoisotopic (exact) mass is 304 g/mol. The molecule has 0 heterocycles. The van der Waals surface area contributed by atoms with Crippen molar-refractivity contribution in [2.75, 3.05) is 13.2 Å². The predicted molar refractivity (Wildman–Crippen MR) is 73.8 cm³/mol. The van der Waals surface area contributed by atoms with Gasteiger partial charge in [-0.15, -0.1) is 0 Å². The Morgan fingerprint density at radius 1 is 1.25 bits per heavy atom. The third-order valence-electron chi connectivity index (χ3n) is 1.94. The van der Waals surface area contributed by atoms with Crippen LogP contribution in [0.2, 0.25) is 0 Å². The van der Waals surface area contributed by atoms with Crippen molar-refractivity contribution in [3.05, 3.63) is 29.8 Å². The summed E-state index contributed by atoms with van der Waals surface area (Å²) in [4.78, 5) is 9.48. The van der Waals surface area contributed by atoms with Gasteiger partial charge in [0.1, 0.15) is 11.9 Å². The van der Waals surface area contributed by atoms with Crippen LogP contribution < -0.4 is 0 Å². The summed E-state index contributed by atoms with van der Waals surface area (Å²) in [6, 6.07) is 6.16. The number of aliphatic hydroxyl groups is 2. The van der Waals surface area contributed by atoms with E-state index in [0.717, 1.165) is 5.56 Å². The molecule has 6 nitrogen and oxygen atoms in total. The van der Waals surface area contributed by atoms with Crippen molar-refractivity contribution in [3.63, 3.8) is 0 Å². The molecule has 0 aliphatic carbocycles. The normalized spacial score (nSPS) is 12.2. The van der Waals surface area contributed by atoms with E-state index in [1.807, 2.05) is 6.92 Å². The van der Waals surface area contributed by atoms with Crippen molar-refractivity contribution in [2.24, 2.45) is 0 Å². The Bertz CT molecular complexity index is 502. The molecule has 0 spiro atoms. The highest BCUT2D eigenvalue weighted by Crippen LogP contribution is 2.13. The van der Waals surface area contributed by atoms with E-state index in [-0.39, 0.29) is 10.7 Å². The summed E-state index contributed by atoms with van der Waals surface area (Å²) < 4.78 is 27.7. The van der Waals surface area contributed by atoms with Crippen LogP contribution in [0.1, 0.15) is 19.4 Å². The van der Waals surface area contributed by atoms with Gasteiger partial charge in [0, 0.05) is 0 Å². The fraction of sp³-hybridized carbons (Fsp3) is 0.462. The highest BCUT2D eigenvalue weighted by atomic mass is 32.2. The van der Waals surface area contributed by atoms with Gasteiger partial charge in [-0.2, -0.15) is 8.42 Å². The summed E-state index contributed by atoms with van der Waals surface area (Å²) in [7, 11) is -3.85. The maximum atomic E-state index is 11.5. The average molecular weight is 304 g/mol. The van der Waals surface area contributed by atoms with Gasteiger partial charge in [0.05, 0.1) is 18.1 Å². The van der Waals surface area contributed by atoms with E-state index < -0.39 is 29.4 Å². The molecular formula is C13H20O6S. The number of aryl methyl sites for hydroxylation is 1. The van der Waals surface area contributed by atoms with Gasteiger partial charge in [-0.3, -0.25) is 4.18 Å². The SMILES string of the molecule is CC(C)=O.Cc1ccc(S(=O)(=O)OCC(O)CO)cc1. The summed E-state index contributed by atoms with van der Waals surface area (Å²) in [5, 5.41) is 17.5. The summed E-state index contributed by atoms with van der Waals surface area (Å²) in [6.07, 6.45) is -1.19. The second-order valence-corrected chi connectivity index (χ2v) is 5.91. The first-order valence-corrected chi connectivity index (χ1v) is 7.32. The van der Waals surface area contributed by atoms with Gasteiger partial charge in [0.15, 0.2) is 0 Å². The molecule has 1 rings (SSSR count). The van der Waals surface area contributed by atoms with Crippen LogP contribution in [-0.4, -0.2) is 43.7 Å². The van der Waals surface area contributed by atoms with Crippen molar-refractivity contribution in [1.82, 2.24) is 0 Å². The Hall–Kier alpha value is -1.28. The van der Waals surface area contributed by atoms with Crippen molar-refractivity contribution >= 4 is 15.9 Å². The molecule has 0 aliphatic rings. The summed E-state index contributed by atoms with van der Waals surface area (Å²) >= 11 is 0. The van der Waals surface area contributed by atoms with E-state index in [1.54, 1.807) is 12.1 Å². The Balaban J connectivity index is 0.000000796. The number of carbonyl (C=O) groups is 1. The molecule has 20 heavy (non-hydrogen) atoms. The standard InChI is InChI=1S/C10H14O5S.C3H6O/c1-8-2-4-10(5-3-8)16(13,14)15-7-9(12)6-11;1-3(2)4/h2-5,9,11-12H,6-7H2,1H3;1-2H3. The van der Waals surface area contributed by atoms with E-state index in [2.05, 4.69) is 4.18 Å². The molecule has 0 aromatic heterocycles. The van der Waals surface area contributed by atoms with Gasteiger partial charge in [0.2, 0.25) is 0 Å². The second kappa shape index (κ2) is 8.80. The molecule has 0 aliphatic heterocycles. The van der Waals surface area contributed by atoms with Gasteiger partial charge in [-0.1, -0.05) is 17.7 Å². The predicted octanol–water partition coefficient (Wildman–Crippen LogP) is 0.649. The molecule has 114 valence electrons. The smallest absolute Gasteiger partial charge is 0.297 e. The lowest BCUT2D eigenvalue weighted by Gasteiger charge is -2.08. The van der Waals surface area contributed by atoms with E-state index in [0.29, 0.717) is 0 Å². The number of aliphatic hydroxyl groups excluding tert-OH is 2. The van der Waals surface area contributed by atoms with Crippen LogP contribution in [-0.2, 0) is 19.1 Å². The molecule has 2 N–H and O–H groups in total. The number of rotatable bonds is 5. The zero-order valence-corrected chi connectivity index (χ0v) is 12.6. The fourth-order valence-electron chi connectivity index (χ4n) is 0.994. The lowest BCUT2D eigenvalue weighted by Crippen LogP contribution is -2.22. The van der Waals surface area contributed by atoms with Crippen LogP contribution in [0, 0.1) is 6.92 Å². The largest absolute Gasteiger partial charge is 0.394 e. The molecule has 1 atom stereocenters. The summed E-state index contributed by atoms with van der Waals surface area (Å²) in [6.45, 7) is 3.91. The molecular weight excluding hydrogens is 284 g/mol. The van der Waals surface area contributed by atoms with Gasteiger partial charge >= 0.3 is 0 Å². The van der Waals surface area contributed by atoms with Crippen LogP contribution in [0.4, 0.5) is 0 Å². The second-order valence-electron chi connectivity index (χ2n) is 4.30. The molecule has 0 saturated heterocycles. The first kappa shape index (κ1) is 18.7. The molecule has 1 aromatic carbocycles. The molecule has 0 saturated carbocycles. The third kappa shape index (κ3) is 8.00. The highest BCUT2D eigenvalue weighted by molar-refractivity contribution is 7.86. The quantitative estimate of drug-likeness (QED) is 0.775. The molecule has 1 aromatic rings. The molecule has 0 fully saturated rings. The number of hydrogen-bond donors (Lipinski definition) is 2. The number of hydrogen-bond acceptors (Lipinski definition) is 6. The van der Waals surface area contributed by atoms with Gasteiger partial charge < -0.3 is 15.0 Å². The third-order valence-corrected chi connectivity index (χ3v) is 3.23. The number of Topliss-reactive ketones (excluding diaryl/α,β-unsaturated/α-hetero) is 1. The lowest BCUT2D eigenvalue weighted by atomic mass is 10.2. The van der Waals surface area contributed by atoms with Crippen molar-refractivity contribution < 1.29 is 27.6 Å². The molecule has 7 heteroatoms. The Kier molecular flexibility index (Phi) is 8.24. The van der Waals surface area contributed by atoms with Crippen molar-refractivity contribution in [3.8, 4) is 0 Å². The average Bonchev–Trinajstić information content (AvgIpc) is 2.36. The minimum Gasteiger partial charge on any atom is -0.394 e. The minimum absolute atomic E-state index is 0.0308. The van der Waals surface area contributed by atoms with E-state index in [4.69, 9.17) is 10.2 Å². The Morgan fingerprint density at radius 3 is 2.10 bits per heavy atom. The number of carbonyl (C=O) groups excluding carboxylic acids is 1. The Labute approximate surface area is 119 Å². The van der Waals surface area contributed by atoms with Gasteiger partial charge in [-0.05, 0) is 32.9 Å². The topological polar surface area (TPSA) is 101 Å². The van der Waals surface area contributed by atoms with E-state index in [1.165, 1.54) is 26.0 Å². The van der Waals surface area contributed by atoms with E-state index >= 15 is 0 Å². The van der Waals surface area contributed by atoms with Crippen molar-refractivity contribution in [1.29, 1.82) is 0 Å². The van der Waals surface area contributed by atoms with Crippen molar-refractivity contribution in [2.45, 2.75) is 31.8 Å². The number of ketones is 1. The molecule has 1 unspecified atom stereocenters.